The van der Waals surface area contributed by atoms with Gasteiger partial charge in [0.25, 0.3) is 5.91 Å². The van der Waals surface area contributed by atoms with Gasteiger partial charge in [-0.05, 0) is 25.1 Å². The molecule has 0 aliphatic rings. The Kier molecular flexibility index (Phi) is 4.36. The molecular weight excluding hydrogens is 244 g/mol. The first-order valence-corrected chi connectivity index (χ1v) is 5.27. The Morgan fingerprint density at radius 2 is 1.94 bits per heavy atom. The number of carboxylic acids is 1. The van der Waals surface area contributed by atoms with E-state index in [0.717, 1.165) is 18.2 Å². The van der Waals surface area contributed by atoms with Crippen LogP contribution < -0.4 is 0 Å². The first-order chi connectivity index (χ1) is 8.32. The van der Waals surface area contributed by atoms with Gasteiger partial charge in [-0.3, -0.25) is 9.59 Å². The van der Waals surface area contributed by atoms with Crippen LogP contribution in [0.1, 0.15) is 23.7 Å². The Morgan fingerprint density at radius 1 is 1.33 bits per heavy atom. The maximum atomic E-state index is 13.0. The molecule has 1 N–H and O–H groups in total. The summed E-state index contributed by atoms with van der Waals surface area (Å²) in [6, 6.07) is 2.27. The number of rotatable bonds is 4. The predicted molar refractivity (Wildman–Crippen MR) is 60.2 cm³/mol. The molecule has 18 heavy (non-hydrogen) atoms. The summed E-state index contributed by atoms with van der Waals surface area (Å²) < 4.78 is 25.7. The minimum atomic E-state index is -1.11. The highest BCUT2D eigenvalue weighted by molar-refractivity contribution is 5.94. The number of carboxylic acid groups (broad SMARTS) is 1. The van der Waals surface area contributed by atoms with Gasteiger partial charge in [0.05, 0.1) is 6.42 Å². The van der Waals surface area contributed by atoms with Crippen molar-refractivity contribution in [2.75, 3.05) is 7.05 Å². The van der Waals surface area contributed by atoms with Crippen molar-refractivity contribution in [1.82, 2.24) is 4.90 Å². The number of carbonyl (C=O) groups is 2. The van der Waals surface area contributed by atoms with Gasteiger partial charge in [-0.2, -0.15) is 0 Å². The fourth-order valence-electron chi connectivity index (χ4n) is 1.42. The van der Waals surface area contributed by atoms with E-state index < -0.39 is 29.6 Å². The molecule has 0 heterocycles. The summed E-state index contributed by atoms with van der Waals surface area (Å²) in [7, 11) is 1.41. The van der Waals surface area contributed by atoms with Crippen LogP contribution in [-0.4, -0.2) is 35.0 Å². The summed E-state index contributed by atoms with van der Waals surface area (Å²) in [6.45, 7) is 1.56. The third-order valence-corrected chi connectivity index (χ3v) is 2.62. The van der Waals surface area contributed by atoms with Gasteiger partial charge in [-0.1, -0.05) is 0 Å². The molecule has 4 nitrogen and oxygen atoms in total. The van der Waals surface area contributed by atoms with Crippen LogP contribution in [0.4, 0.5) is 8.78 Å². The number of hydrogen-bond acceptors (Lipinski definition) is 2. The Labute approximate surface area is 103 Å². The van der Waals surface area contributed by atoms with E-state index in [2.05, 4.69) is 0 Å². The molecule has 0 spiro atoms. The molecule has 1 aromatic carbocycles. The summed E-state index contributed by atoms with van der Waals surface area (Å²) in [6.07, 6.45) is -0.216. The maximum absolute atomic E-state index is 13.0. The SMILES string of the molecule is CC(CC(=O)O)N(C)C(=O)c1ccc(F)c(F)c1. The second-order valence-electron chi connectivity index (χ2n) is 3.99. The standard InChI is InChI=1S/C12H13F2NO3/c1-7(5-11(16)17)15(2)12(18)8-3-4-9(13)10(14)6-8/h3-4,6-7H,5H2,1-2H3,(H,16,17). The molecule has 0 fully saturated rings. The molecule has 6 heteroatoms. The van der Waals surface area contributed by atoms with Crippen LogP contribution >= 0.6 is 0 Å². The summed E-state index contributed by atoms with van der Waals surface area (Å²) in [5.41, 5.74) is -0.0198. The Hall–Kier alpha value is -1.98. The van der Waals surface area contributed by atoms with Gasteiger partial charge in [0.2, 0.25) is 0 Å². The number of halogens is 2. The number of nitrogens with zero attached hydrogens (tertiary/aromatic N) is 1. The molecule has 1 aromatic rings. The minimum absolute atomic E-state index is 0.0198. The molecule has 1 unspecified atom stereocenters. The molecule has 0 aromatic heterocycles. The van der Waals surface area contributed by atoms with Crippen LogP contribution in [0.5, 0.6) is 0 Å². The zero-order chi connectivity index (χ0) is 13.9. The lowest BCUT2D eigenvalue weighted by Crippen LogP contribution is -2.36. The monoisotopic (exact) mass is 257 g/mol. The lowest BCUT2D eigenvalue weighted by atomic mass is 10.1. The third kappa shape index (κ3) is 3.26. The first kappa shape index (κ1) is 14.1. The van der Waals surface area contributed by atoms with E-state index in [0.29, 0.717) is 0 Å². The quantitative estimate of drug-likeness (QED) is 0.896. The van der Waals surface area contributed by atoms with Crippen molar-refractivity contribution in [2.24, 2.45) is 0 Å². The molecule has 0 saturated heterocycles. The Balaban J connectivity index is 2.86. The van der Waals surface area contributed by atoms with Crippen LogP contribution in [-0.2, 0) is 4.79 Å². The van der Waals surface area contributed by atoms with E-state index >= 15 is 0 Å². The van der Waals surface area contributed by atoms with Gasteiger partial charge >= 0.3 is 5.97 Å². The molecule has 1 atom stereocenters. The van der Waals surface area contributed by atoms with Crippen molar-refractivity contribution in [1.29, 1.82) is 0 Å². The van der Waals surface area contributed by atoms with Crippen molar-refractivity contribution in [2.45, 2.75) is 19.4 Å². The van der Waals surface area contributed by atoms with E-state index in [1.165, 1.54) is 11.9 Å². The number of amides is 1. The highest BCUT2D eigenvalue weighted by Crippen LogP contribution is 2.12. The van der Waals surface area contributed by atoms with Crippen LogP contribution in [0.2, 0.25) is 0 Å². The summed E-state index contributed by atoms with van der Waals surface area (Å²) in [5.74, 6) is -3.73. The molecule has 0 bridgehead atoms. The molecule has 1 amide bonds. The van der Waals surface area contributed by atoms with Gasteiger partial charge in [-0.25, -0.2) is 8.78 Å². The summed E-state index contributed by atoms with van der Waals surface area (Å²) in [5, 5.41) is 8.62. The molecule has 0 aliphatic heterocycles. The normalized spacial score (nSPS) is 12.0. The average Bonchev–Trinajstić information content (AvgIpc) is 2.30. The fourth-order valence-corrected chi connectivity index (χ4v) is 1.42. The smallest absolute Gasteiger partial charge is 0.305 e. The number of benzene rings is 1. The predicted octanol–water partition coefficient (Wildman–Crippen LogP) is 1.90. The van der Waals surface area contributed by atoms with E-state index in [4.69, 9.17) is 5.11 Å². The largest absolute Gasteiger partial charge is 0.481 e. The van der Waals surface area contributed by atoms with Crippen molar-refractivity contribution in [3.63, 3.8) is 0 Å². The third-order valence-electron chi connectivity index (χ3n) is 2.62. The van der Waals surface area contributed by atoms with Gasteiger partial charge in [-0.15, -0.1) is 0 Å². The zero-order valence-electron chi connectivity index (χ0n) is 9.98. The van der Waals surface area contributed by atoms with E-state index in [-0.39, 0.29) is 12.0 Å². The van der Waals surface area contributed by atoms with Crippen LogP contribution in [0.15, 0.2) is 18.2 Å². The van der Waals surface area contributed by atoms with Crippen molar-refractivity contribution < 1.29 is 23.5 Å². The van der Waals surface area contributed by atoms with Gasteiger partial charge < -0.3 is 10.0 Å². The van der Waals surface area contributed by atoms with E-state index in [9.17, 15) is 18.4 Å². The van der Waals surface area contributed by atoms with Crippen LogP contribution in [0.25, 0.3) is 0 Å². The molecule has 0 aliphatic carbocycles. The minimum Gasteiger partial charge on any atom is -0.481 e. The van der Waals surface area contributed by atoms with E-state index in [1.54, 1.807) is 6.92 Å². The van der Waals surface area contributed by atoms with Crippen molar-refractivity contribution in [3.05, 3.63) is 35.4 Å². The lowest BCUT2D eigenvalue weighted by molar-refractivity contribution is -0.137. The van der Waals surface area contributed by atoms with Crippen molar-refractivity contribution >= 4 is 11.9 Å². The number of aliphatic carboxylic acids is 1. The zero-order valence-corrected chi connectivity index (χ0v) is 9.98. The molecule has 1 rings (SSSR count). The number of carbonyl (C=O) groups excluding carboxylic acids is 1. The molecular formula is C12H13F2NO3. The first-order valence-electron chi connectivity index (χ1n) is 5.27. The maximum Gasteiger partial charge on any atom is 0.305 e. The van der Waals surface area contributed by atoms with Crippen molar-refractivity contribution in [3.8, 4) is 0 Å². The van der Waals surface area contributed by atoms with Gasteiger partial charge in [0, 0.05) is 18.7 Å². The second-order valence-corrected chi connectivity index (χ2v) is 3.99. The highest BCUT2D eigenvalue weighted by atomic mass is 19.2. The van der Waals surface area contributed by atoms with Crippen LogP contribution in [0, 0.1) is 11.6 Å². The number of hydrogen-bond donors (Lipinski definition) is 1. The summed E-state index contributed by atoms with van der Waals surface area (Å²) in [4.78, 5) is 23.6. The fraction of sp³-hybridized carbons (Fsp3) is 0.333. The molecule has 0 saturated carbocycles. The van der Waals surface area contributed by atoms with Gasteiger partial charge in [0.15, 0.2) is 11.6 Å². The van der Waals surface area contributed by atoms with Gasteiger partial charge in [0.1, 0.15) is 0 Å². The second kappa shape index (κ2) is 5.57. The highest BCUT2D eigenvalue weighted by Gasteiger charge is 2.20. The van der Waals surface area contributed by atoms with Crippen LogP contribution in [0.3, 0.4) is 0 Å². The Bertz CT molecular complexity index is 476. The van der Waals surface area contributed by atoms with E-state index in [1.807, 2.05) is 0 Å². The molecule has 0 radical (unpaired) electrons. The average molecular weight is 257 g/mol. The topological polar surface area (TPSA) is 57.6 Å². The lowest BCUT2D eigenvalue weighted by Gasteiger charge is -2.23. The molecule has 98 valence electrons. The summed E-state index contributed by atoms with van der Waals surface area (Å²) >= 11 is 0. The Morgan fingerprint density at radius 3 is 2.44 bits per heavy atom.